The van der Waals surface area contributed by atoms with Gasteiger partial charge in [0.25, 0.3) is 0 Å². The van der Waals surface area contributed by atoms with Gasteiger partial charge in [0.2, 0.25) is 0 Å². The van der Waals surface area contributed by atoms with E-state index in [1.165, 1.54) is 135 Å². The van der Waals surface area contributed by atoms with E-state index >= 15 is 0 Å². The molecule has 0 aliphatic carbocycles. The van der Waals surface area contributed by atoms with E-state index in [9.17, 15) is 43.2 Å². The zero-order valence-electron chi connectivity index (χ0n) is 57.2. The van der Waals surface area contributed by atoms with Gasteiger partial charge in [0.05, 0.1) is 26.4 Å². The Morgan fingerprint density at radius 2 is 0.580 bits per heavy atom. The van der Waals surface area contributed by atoms with Gasteiger partial charge in [-0.25, -0.2) is 9.13 Å². The first-order chi connectivity index (χ1) is 42.3. The molecule has 0 spiro atoms. The van der Waals surface area contributed by atoms with Crippen molar-refractivity contribution >= 4 is 39.5 Å². The maximum absolute atomic E-state index is 13.0. The molecule has 3 N–H and O–H groups in total. The molecule has 0 aromatic carbocycles. The summed E-state index contributed by atoms with van der Waals surface area (Å²) < 4.78 is 68.0. The van der Waals surface area contributed by atoms with Crippen molar-refractivity contribution in [2.45, 2.75) is 362 Å². The summed E-state index contributed by atoms with van der Waals surface area (Å²) in [5.41, 5.74) is 0. The van der Waals surface area contributed by atoms with E-state index in [1.807, 2.05) is 0 Å². The van der Waals surface area contributed by atoms with Gasteiger partial charge in [-0.2, -0.15) is 0 Å². The Kier molecular flexibility index (Phi) is 58.7. The van der Waals surface area contributed by atoms with E-state index in [0.29, 0.717) is 37.5 Å². The van der Waals surface area contributed by atoms with Crippen molar-refractivity contribution in [2.75, 3.05) is 39.6 Å². The molecule has 0 aliphatic rings. The van der Waals surface area contributed by atoms with E-state index in [-0.39, 0.29) is 25.7 Å². The van der Waals surface area contributed by atoms with Gasteiger partial charge in [0.1, 0.15) is 19.3 Å². The quantitative estimate of drug-likeness (QED) is 0.0222. The van der Waals surface area contributed by atoms with Crippen LogP contribution in [-0.2, 0) is 65.4 Å². The van der Waals surface area contributed by atoms with Crippen molar-refractivity contribution < 1.29 is 80.2 Å². The molecule has 0 radical (unpaired) electrons. The average Bonchev–Trinajstić information content (AvgIpc) is 3.66. The number of hydrogen-bond acceptors (Lipinski definition) is 15. The Bertz CT molecular complexity index is 1730. The lowest BCUT2D eigenvalue weighted by Crippen LogP contribution is -2.30. The predicted molar refractivity (Wildman–Crippen MR) is 354 cm³/mol. The molecule has 17 nitrogen and oxygen atoms in total. The molecular formula is C69H134O17P2. The van der Waals surface area contributed by atoms with Gasteiger partial charge in [0.15, 0.2) is 12.2 Å². The van der Waals surface area contributed by atoms with Crippen LogP contribution in [0.1, 0.15) is 344 Å². The van der Waals surface area contributed by atoms with Gasteiger partial charge in [0, 0.05) is 25.7 Å². The maximum atomic E-state index is 13.0. The second-order valence-corrected chi connectivity index (χ2v) is 29.0. The molecule has 0 heterocycles. The molecule has 3 unspecified atom stereocenters. The fourth-order valence-electron chi connectivity index (χ4n) is 10.3. The number of carbonyl (C=O) groups is 4. The number of unbranched alkanes of at least 4 members (excludes halogenated alkanes) is 34. The summed E-state index contributed by atoms with van der Waals surface area (Å²) in [7, 11) is -9.89. The van der Waals surface area contributed by atoms with Gasteiger partial charge in [-0.05, 0) is 43.4 Å². The third-order valence-corrected chi connectivity index (χ3v) is 18.1. The van der Waals surface area contributed by atoms with Crippen molar-refractivity contribution in [3.8, 4) is 0 Å². The Morgan fingerprint density at radius 1 is 0.330 bits per heavy atom. The van der Waals surface area contributed by atoms with Crippen molar-refractivity contribution in [2.24, 2.45) is 17.8 Å². The van der Waals surface area contributed by atoms with Crippen LogP contribution in [0.2, 0.25) is 0 Å². The lowest BCUT2D eigenvalue weighted by atomic mass is 9.99. The Morgan fingerprint density at radius 3 is 0.864 bits per heavy atom. The largest absolute Gasteiger partial charge is 0.472 e. The van der Waals surface area contributed by atoms with Crippen molar-refractivity contribution in [3.05, 3.63) is 0 Å². The van der Waals surface area contributed by atoms with Crippen LogP contribution in [-0.4, -0.2) is 96.7 Å². The maximum Gasteiger partial charge on any atom is 0.472 e. The number of ether oxygens (including phenoxy) is 4. The first kappa shape index (κ1) is 86.1. The topological polar surface area (TPSA) is 237 Å². The van der Waals surface area contributed by atoms with Crippen LogP contribution < -0.4 is 0 Å². The Labute approximate surface area is 537 Å². The molecule has 522 valence electrons. The zero-order valence-corrected chi connectivity index (χ0v) is 59.0. The van der Waals surface area contributed by atoms with Gasteiger partial charge in [-0.1, -0.05) is 292 Å². The summed E-state index contributed by atoms with van der Waals surface area (Å²) in [5, 5.41) is 10.5. The number of rotatable bonds is 67. The number of phosphoric ester groups is 2. The summed E-state index contributed by atoms with van der Waals surface area (Å²) in [5.74, 6) is 0.106. The molecule has 0 aliphatic heterocycles. The third kappa shape index (κ3) is 61.6. The van der Waals surface area contributed by atoms with Crippen LogP contribution >= 0.6 is 15.6 Å². The molecular weight excluding hydrogens is 1160 g/mol. The predicted octanol–water partition coefficient (Wildman–Crippen LogP) is 19.5. The van der Waals surface area contributed by atoms with Crippen LogP contribution in [0.25, 0.3) is 0 Å². The number of phosphoric acid groups is 2. The number of esters is 4. The van der Waals surface area contributed by atoms with Crippen molar-refractivity contribution in [1.29, 1.82) is 0 Å². The third-order valence-electron chi connectivity index (χ3n) is 16.2. The van der Waals surface area contributed by atoms with Gasteiger partial charge < -0.3 is 33.8 Å². The zero-order chi connectivity index (χ0) is 65.2. The highest BCUT2D eigenvalue weighted by atomic mass is 31.2. The molecule has 0 saturated carbocycles. The van der Waals surface area contributed by atoms with Gasteiger partial charge >= 0.3 is 39.5 Å². The van der Waals surface area contributed by atoms with Crippen molar-refractivity contribution in [3.63, 3.8) is 0 Å². The highest BCUT2D eigenvalue weighted by Gasteiger charge is 2.30. The first-order valence-electron chi connectivity index (χ1n) is 35.9. The highest BCUT2D eigenvalue weighted by Crippen LogP contribution is 2.45. The van der Waals surface area contributed by atoms with E-state index in [4.69, 9.17) is 37.0 Å². The van der Waals surface area contributed by atoms with E-state index in [0.717, 1.165) is 115 Å². The second-order valence-electron chi connectivity index (χ2n) is 26.1. The molecule has 0 amide bonds. The molecule has 0 bridgehead atoms. The lowest BCUT2D eigenvalue weighted by molar-refractivity contribution is -0.161. The Hall–Kier alpha value is -1.94. The van der Waals surface area contributed by atoms with E-state index < -0.39 is 97.5 Å². The van der Waals surface area contributed by atoms with E-state index in [1.54, 1.807) is 0 Å². The lowest BCUT2D eigenvalue weighted by Gasteiger charge is -2.21. The smallest absolute Gasteiger partial charge is 0.462 e. The molecule has 0 rings (SSSR count). The molecule has 19 heteroatoms. The highest BCUT2D eigenvalue weighted by molar-refractivity contribution is 7.47. The van der Waals surface area contributed by atoms with Crippen LogP contribution in [0.3, 0.4) is 0 Å². The molecule has 0 fully saturated rings. The summed E-state index contributed by atoms with van der Waals surface area (Å²) in [6.45, 7) is 11.7. The normalized spacial score (nSPS) is 14.5. The number of aliphatic hydroxyl groups excluding tert-OH is 1. The standard InChI is InChI=1S/C69H134O17P2/c1-8-10-11-12-26-36-43-50-66(71)79-56-65(86-69(74)53-46-39-32-31-34-41-48-61(5)6)59-84-88(77,78)82-55-63(70)54-81-87(75,76)83-58-64(57-80-67(72)51-44-37-30-25-27-33-40-47-60(3)4)85-68(73)52-45-38-29-24-22-20-18-16-14-13-15-17-19-21-23-28-35-42-49-62(7)9-2/h60-65,70H,8-59H2,1-7H3,(H,75,76)(H,77,78)/t62?,63-,64-,65-/m1/s1. The SMILES string of the molecule is CCCCCCCCCC(=O)OC[C@H](COP(=O)(O)OC[C@H](O)COP(=O)(O)OC[C@@H](COC(=O)CCCCCCCCCC(C)C)OC(=O)CCCCCCCCCCCCCCCCCCCCC(C)CC)OC(=O)CCCCCCCCC(C)C. The van der Waals surface area contributed by atoms with Crippen molar-refractivity contribution in [1.82, 2.24) is 0 Å². The first-order valence-corrected chi connectivity index (χ1v) is 38.9. The number of carbonyl (C=O) groups excluding carboxylic acids is 4. The van der Waals surface area contributed by atoms with Crippen LogP contribution in [0.5, 0.6) is 0 Å². The van der Waals surface area contributed by atoms with Crippen LogP contribution in [0, 0.1) is 17.8 Å². The fourth-order valence-corrected chi connectivity index (χ4v) is 11.9. The second kappa shape index (κ2) is 60.0. The molecule has 88 heavy (non-hydrogen) atoms. The fraction of sp³-hybridized carbons (Fsp3) is 0.942. The minimum absolute atomic E-state index is 0.101. The van der Waals surface area contributed by atoms with Crippen LogP contribution in [0.4, 0.5) is 0 Å². The molecule has 0 aromatic heterocycles. The minimum atomic E-state index is -4.95. The monoisotopic (exact) mass is 1300 g/mol. The molecule has 6 atom stereocenters. The summed E-state index contributed by atoms with van der Waals surface area (Å²) in [6, 6.07) is 0. The van der Waals surface area contributed by atoms with Gasteiger partial charge in [-0.15, -0.1) is 0 Å². The number of hydrogen-bond donors (Lipinski definition) is 3. The number of aliphatic hydroxyl groups is 1. The average molecular weight is 1300 g/mol. The molecule has 0 saturated heterocycles. The molecule has 0 aromatic rings. The summed E-state index contributed by atoms with van der Waals surface area (Å²) in [4.78, 5) is 72.2. The summed E-state index contributed by atoms with van der Waals surface area (Å²) in [6.07, 6.45) is 43.6. The van der Waals surface area contributed by atoms with E-state index in [2.05, 4.69) is 48.5 Å². The summed E-state index contributed by atoms with van der Waals surface area (Å²) >= 11 is 0. The minimum Gasteiger partial charge on any atom is -0.462 e. The van der Waals surface area contributed by atoms with Gasteiger partial charge in [-0.3, -0.25) is 37.3 Å². The Balaban J connectivity index is 5.09. The van der Waals surface area contributed by atoms with Crippen LogP contribution in [0.15, 0.2) is 0 Å².